The standard InChI is InChI=1S/C21H30N2/c1-8-9-14(2)19-15(3)22-20(23-16(19)4)17-10-12-18(13-11-17)21(5,6)7/h10-14H,8-9H2,1-7H3. The number of hydrogen-bond acceptors (Lipinski definition) is 2. The molecule has 0 spiro atoms. The van der Waals surface area contributed by atoms with Gasteiger partial charge in [0.15, 0.2) is 5.82 Å². The third-order valence-electron chi connectivity index (χ3n) is 4.55. The molecule has 0 amide bonds. The normalized spacial score (nSPS) is 13.2. The maximum Gasteiger partial charge on any atom is 0.159 e. The molecule has 0 bridgehead atoms. The van der Waals surface area contributed by atoms with E-state index in [1.807, 2.05) is 0 Å². The number of hydrogen-bond donors (Lipinski definition) is 0. The Kier molecular flexibility index (Phi) is 5.23. The lowest BCUT2D eigenvalue weighted by molar-refractivity contribution is 0.590. The van der Waals surface area contributed by atoms with Crippen LogP contribution in [0.5, 0.6) is 0 Å². The molecule has 2 heteroatoms. The third kappa shape index (κ3) is 3.99. The lowest BCUT2D eigenvalue weighted by atomic mass is 9.86. The molecule has 2 aromatic rings. The van der Waals surface area contributed by atoms with Crippen LogP contribution in [0.1, 0.15) is 75.9 Å². The van der Waals surface area contributed by atoms with Crippen molar-refractivity contribution in [3.63, 3.8) is 0 Å². The van der Waals surface area contributed by atoms with Gasteiger partial charge in [-0.3, -0.25) is 0 Å². The Morgan fingerprint density at radius 1 is 0.957 bits per heavy atom. The minimum atomic E-state index is 0.171. The summed E-state index contributed by atoms with van der Waals surface area (Å²) in [4.78, 5) is 9.58. The molecule has 0 radical (unpaired) electrons. The van der Waals surface area contributed by atoms with E-state index in [1.54, 1.807) is 0 Å². The molecule has 1 aromatic carbocycles. The number of rotatable bonds is 4. The van der Waals surface area contributed by atoms with Gasteiger partial charge in [-0.1, -0.05) is 65.3 Å². The van der Waals surface area contributed by atoms with Crippen LogP contribution < -0.4 is 0 Å². The van der Waals surface area contributed by atoms with E-state index in [0.717, 1.165) is 22.8 Å². The number of benzene rings is 1. The second-order valence-electron chi connectivity index (χ2n) is 7.65. The summed E-state index contributed by atoms with van der Waals surface area (Å²) in [5, 5.41) is 0. The van der Waals surface area contributed by atoms with Crippen LogP contribution in [0.2, 0.25) is 0 Å². The molecule has 0 aliphatic heterocycles. The second-order valence-corrected chi connectivity index (χ2v) is 7.65. The quantitative estimate of drug-likeness (QED) is 0.696. The fourth-order valence-corrected chi connectivity index (χ4v) is 3.26. The van der Waals surface area contributed by atoms with Gasteiger partial charge in [-0.25, -0.2) is 9.97 Å². The molecule has 124 valence electrons. The van der Waals surface area contributed by atoms with Gasteiger partial charge >= 0.3 is 0 Å². The van der Waals surface area contributed by atoms with Gasteiger partial charge in [-0.05, 0) is 42.7 Å². The first kappa shape index (κ1) is 17.7. The maximum absolute atomic E-state index is 4.79. The Balaban J connectivity index is 2.38. The molecule has 0 saturated carbocycles. The Morgan fingerprint density at radius 2 is 1.48 bits per heavy atom. The van der Waals surface area contributed by atoms with E-state index in [1.165, 1.54) is 24.0 Å². The van der Waals surface area contributed by atoms with Crippen LogP contribution in [0.25, 0.3) is 11.4 Å². The Bertz CT molecular complexity index is 640. The van der Waals surface area contributed by atoms with E-state index in [4.69, 9.17) is 9.97 Å². The summed E-state index contributed by atoms with van der Waals surface area (Å²) in [5.41, 5.74) is 6.16. The molecule has 2 nitrogen and oxygen atoms in total. The average molecular weight is 310 g/mol. The fourth-order valence-electron chi connectivity index (χ4n) is 3.26. The molecule has 0 fully saturated rings. The molecular formula is C21H30N2. The van der Waals surface area contributed by atoms with Crippen molar-refractivity contribution in [1.29, 1.82) is 0 Å². The highest BCUT2D eigenvalue weighted by atomic mass is 14.9. The summed E-state index contributed by atoms with van der Waals surface area (Å²) in [6.07, 6.45) is 2.38. The minimum Gasteiger partial charge on any atom is -0.233 e. The Hall–Kier alpha value is -1.70. The average Bonchev–Trinajstić information content (AvgIpc) is 2.46. The van der Waals surface area contributed by atoms with Gasteiger partial charge in [0.05, 0.1) is 0 Å². The Morgan fingerprint density at radius 3 is 1.91 bits per heavy atom. The molecule has 0 saturated heterocycles. The van der Waals surface area contributed by atoms with Gasteiger partial charge in [0.25, 0.3) is 0 Å². The number of aromatic nitrogens is 2. The van der Waals surface area contributed by atoms with Gasteiger partial charge in [0, 0.05) is 17.0 Å². The zero-order valence-electron chi connectivity index (χ0n) is 15.7. The number of nitrogens with zero attached hydrogens (tertiary/aromatic N) is 2. The monoisotopic (exact) mass is 310 g/mol. The highest BCUT2D eigenvalue weighted by Crippen LogP contribution is 2.29. The first-order valence-corrected chi connectivity index (χ1v) is 8.70. The lowest BCUT2D eigenvalue weighted by Crippen LogP contribution is -2.10. The van der Waals surface area contributed by atoms with Crippen LogP contribution in [-0.2, 0) is 5.41 Å². The molecule has 1 heterocycles. The summed E-state index contributed by atoms with van der Waals surface area (Å²) in [6, 6.07) is 8.67. The molecule has 1 unspecified atom stereocenters. The van der Waals surface area contributed by atoms with Crippen molar-refractivity contribution in [3.05, 3.63) is 46.8 Å². The molecular weight excluding hydrogens is 280 g/mol. The van der Waals surface area contributed by atoms with Gasteiger partial charge in [0.2, 0.25) is 0 Å². The molecule has 0 N–H and O–H groups in total. The van der Waals surface area contributed by atoms with Crippen LogP contribution in [0, 0.1) is 13.8 Å². The van der Waals surface area contributed by atoms with Crippen LogP contribution in [-0.4, -0.2) is 9.97 Å². The fraction of sp³-hybridized carbons (Fsp3) is 0.524. The van der Waals surface area contributed by atoms with Crippen LogP contribution >= 0.6 is 0 Å². The predicted octanol–water partition coefficient (Wildman–Crippen LogP) is 5.96. The molecule has 0 aliphatic rings. The summed E-state index contributed by atoms with van der Waals surface area (Å²) >= 11 is 0. The van der Waals surface area contributed by atoms with Gasteiger partial charge < -0.3 is 0 Å². The van der Waals surface area contributed by atoms with Crippen molar-refractivity contribution in [2.45, 2.75) is 72.6 Å². The zero-order chi connectivity index (χ0) is 17.2. The van der Waals surface area contributed by atoms with E-state index >= 15 is 0 Å². The largest absolute Gasteiger partial charge is 0.233 e. The van der Waals surface area contributed by atoms with Crippen LogP contribution in [0.4, 0.5) is 0 Å². The van der Waals surface area contributed by atoms with Crippen molar-refractivity contribution >= 4 is 0 Å². The molecule has 2 rings (SSSR count). The van der Waals surface area contributed by atoms with Crippen molar-refractivity contribution in [2.24, 2.45) is 0 Å². The second kappa shape index (κ2) is 6.82. The van der Waals surface area contributed by atoms with Crippen molar-refractivity contribution in [3.8, 4) is 11.4 Å². The molecule has 0 aliphatic carbocycles. The Labute approximate surface area is 141 Å². The van der Waals surface area contributed by atoms with E-state index in [2.05, 4.69) is 72.7 Å². The van der Waals surface area contributed by atoms with Crippen molar-refractivity contribution < 1.29 is 0 Å². The maximum atomic E-state index is 4.79. The van der Waals surface area contributed by atoms with E-state index < -0.39 is 0 Å². The van der Waals surface area contributed by atoms with Crippen molar-refractivity contribution in [2.75, 3.05) is 0 Å². The van der Waals surface area contributed by atoms with Crippen LogP contribution in [0.3, 0.4) is 0 Å². The summed E-state index contributed by atoms with van der Waals surface area (Å²) < 4.78 is 0. The minimum absolute atomic E-state index is 0.171. The third-order valence-corrected chi connectivity index (χ3v) is 4.55. The van der Waals surface area contributed by atoms with E-state index in [9.17, 15) is 0 Å². The summed E-state index contributed by atoms with van der Waals surface area (Å²) in [6.45, 7) is 15.4. The molecule has 1 atom stereocenters. The first-order valence-electron chi connectivity index (χ1n) is 8.70. The van der Waals surface area contributed by atoms with Crippen LogP contribution in [0.15, 0.2) is 24.3 Å². The smallest absolute Gasteiger partial charge is 0.159 e. The lowest BCUT2D eigenvalue weighted by Gasteiger charge is -2.19. The predicted molar refractivity (Wildman–Crippen MR) is 99.0 cm³/mol. The summed E-state index contributed by atoms with van der Waals surface area (Å²) in [5.74, 6) is 1.37. The molecule has 1 aromatic heterocycles. The van der Waals surface area contributed by atoms with E-state index in [-0.39, 0.29) is 5.41 Å². The van der Waals surface area contributed by atoms with Gasteiger partial charge in [0.1, 0.15) is 0 Å². The van der Waals surface area contributed by atoms with Crippen molar-refractivity contribution in [1.82, 2.24) is 9.97 Å². The first-order chi connectivity index (χ1) is 10.7. The highest BCUT2D eigenvalue weighted by Gasteiger charge is 2.16. The van der Waals surface area contributed by atoms with E-state index in [0.29, 0.717) is 5.92 Å². The number of aryl methyl sites for hydroxylation is 2. The zero-order valence-corrected chi connectivity index (χ0v) is 15.7. The molecule has 23 heavy (non-hydrogen) atoms. The van der Waals surface area contributed by atoms with Gasteiger partial charge in [-0.15, -0.1) is 0 Å². The topological polar surface area (TPSA) is 25.8 Å². The summed E-state index contributed by atoms with van der Waals surface area (Å²) in [7, 11) is 0. The SMILES string of the molecule is CCCC(C)c1c(C)nc(-c2ccc(C(C)(C)C)cc2)nc1C. The highest BCUT2D eigenvalue weighted by molar-refractivity contribution is 5.57. The van der Waals surface area contributed by atoms with Gasteiger partial charge in [-0.2, -0.15) is 0 Å².